The van der Waals surface area contributed by atoms with Crippen LogP contribution in [0.25, 0.3) is 0 Å². The highest BCUT2D eigenvalue weighted by atomic mass is 35.5. The highest BCUT2D eigenvalue weighted by Crippen LogP contribution is 2.49. The second-order valence-corrected chi connectivity index (χ2v) is 24.6. The maximum absolute atomic E-state index is 14.4. The molecule has 1 aromatic carbocycles. The molecule has 0 aromatic heterocycles. The predicted molar refractivity (Wildman–Crippen MR) is 324 cm³/mol. The Bertz CT molecular complexity index is 2770. The number of carboxylic acids is 1. The van der Waals surface area contributed by atoms with E-state index in [9.17, 15) is 57.8 Å². The fraction of sp³-hybridized carbons (Fsp3) is 0.644. The van der Waals surface area contributed by atoms with Crippen molar-refractivity contribution in [2.75, 3.05) is 71.7 Å². The van der Waals surface area contributed by atoms with Crippen LogP contribution in [0.5, 0.6) is 5.75 Å². The molecule has 488 valence electrons. The number of nitrogens with one attached hydrogen (secondary N) is 6. The third-order valence-electron chi connectivity index (χ3n) is 16.5. The van der Waals surface area contributed by atoms with Crippen molar-refractivity contribution in [1.29, 1.82) is 0 Å². The van der Waals surface area contributed by atoms with Crippen molar-refractivity contribution in [3.05, 3.63) is 46.5 Å². The van der Waals surface area contributed by atoms with Crippen LogP contribution in [0.4, 0.5) is 10.5 Å². The van der Waals surface area contributed by atoms with Crippen LogP contribution in [0.3, 0.4) is 0 Å². The molecular weight excluding hydrogens is 1190 g/mol. The smallest absolute Gasteiger partial charge is 0.407 e. The third-order valence-corrected chi connectivity index (χ3v) is 18.1. The number of methoxy groups -OCH3 is 2. The van der Waals surface area contributed by atoms with E-state index in [4.69, 9.17) is 46.8 Å². The number of carbonyl (C=O) groups is 11. The van der Waals surface area contributed by atoms with Crippen LogP contribution < -0.4 is 53.0 Å². The van der Waals surface area contributed by atoms with Gasteiger partial charge in [0.1, 0.15) is 40.7 Å². The number of epoxide rings is 1. The number of nitrogens with zero attached hydrogens (tertiary/aromatic N) is 2. The number of esters is 1. The number of alkyl carbamates (subject to hydrolysis) is 1. The van der Waals surface area contributed by atoms with Crippen molar-refractivity contribution in [3.63, 3.8) is 0 Å². The highest BCUT2D eigenvalue weighted by Gasteiger charge is 2.64. The number of primary amides is 1. The molecule has 4 bridgehead atoms. The molecule has 4 aliphatic rings. The van der Waals surface area contributed by atoms with Gasteiger partial charge in [-0.1, -0.05) is 42.3 Å². The Balaban J connectivity index is 1.11. The van der Waals surface area contributed by atoms with Crippen molar-refractivity contribution in [2.45, 2.75) is 158 Å². The molecule has 1 saturated carbocycles. The minimum Gasteiger partial charge on any atom is -0.495 e. The number of carbonyl (C=O) groups excluding carboxylic acids is 10. The van der Waals surface area contributed by atoms with E-state index in [2.05, 4.69) is 31.9 Å². The summed E-state index contributed by atoms with van der Waals surface area (Å²) in [6.45, 7) is 6.42. The number of rotatable bonds is 27. The second-order valence-electron chi connectivity index (χ2n) is 22.9. The lowest BCUT2D eigenvalue weighted by Crippen LogP contribution is -2.53. The number of allylic oxidation sites excluding steroid dienone is 3. The van der Waals surface area contributed by atoms with Crippen LogP contribution in [0.1, 0.15) is 104 Å². The van der Waals surface area contributed by atoms with Gasteiger partial charge in [-0.25, -0.2) is 9.59 Å². The zero-order chi connectivity index (χ0) is 65.0. The Morgan fingerprint density at radius 2 is 1.68 bits per heavy atom. The number of ether oxygens (including phenoxy) is 5. The van der Waals surface area contributed by atoms with E-state index >= 15 is 0 Å². The van der Waals surface area contributed by atoms with Crippen LogP contribution in [-0.4, -0.2) is 195 Å². The lowest BCUT2D eigenvalue weighted by molar-refractivity contribution is -0.162. The summed E-state index contributed by atoms with van der Waals surface area (Å²) in [7, 11) is 5.98. The van der Waals surface area contributed by atoms with E-state index in [-0.39, 0.29) is 67.4 Å². The number of likely N-dealkylation sites (N-methyl/N-ethyl adjacent to an activating group) is 1. The summed E-state index contributed by atoms with van der Waals surface area (Å²) in [6, 6.07) is 0.906. The number of nitrogens with two attached hydrogens (primary N) is 2. The first-order valence-corrected chi connectivity index (χ1v) is 30.9. The third kappa shape index (κ3) is 21.1. The second kappa shape index (κ2) is 34.1. The number of amides is 9. The number of unbranched alkanes of at least 4 members (excludes halogenated alkanes) is 1. The van der Waals surface area contributed by atoms with Crippen molar-refractivity contribution >= 4 is 94.3 Å². The number of benzene rings is 1. The molecule has 9 amide bonds. The van der Waals surface area contributed by atoms with Gasteiger partial charge in [0.25, 0.3) is 0 Å². The fourth-order valence-corrected chi connectivity index (χ4v) is 12.2. The van der Waals surface area contributed by atoms with Gasteiger partial charge in [0, 0.05) is 64.7 Å². The topological polar surface area (TPSA) is 388 Å². The maximum Gasteiger partial charge on any atom is 0.407 e. The van der Waals surface area contributed by atoms with E-state index < -0.39 is 132 Å². The summed E-state index contributed by atoms with van der Waals surface area (Å²) in [5, 5.41) is 24.5. The van der Waals surface area contributed by atoms with Crippen LogP contribution in [0.15, 0.2) is 35.9 Å². The van der Waals surface area contributed by atoms with Crippen molar-refractivity contribution in [2.24, 2.45) is 29.2 Å². The van der Waals surface area contributed by atoms with E-state index in [1.165, 1.54) is 30.9 Å². The lowest BCUT2D eigenvalue weighted by Gasteiger charge is -2.36. The predicted octanol–water partition coefficient (Wildman–Crippen LogP) is 1.53. The van der Waals surface area contributed by atoms with Gasteiger partial charge in [-0.3, -0.25) is 43.2 Å². The number of anilines is 1. The Morgan fingerprint density at radius 1 is 0.989 bits per heavy atom. The number of hydrogen-bond donors (Lipinski definition) is 9. The van der Waals surface area contributed by atoms with E-state index in [1.54, 1.807) is 33.2 Å². The molecule has 5 unspecified atom stereocenters. The van der Waals surface area contributed by atoms with Gasteiger partial charge < -0.3 is 82.0 Å². The molecule has 1 aromatic rings. The van der Waals surface area contributed by atoms with E-state index in [1.807, 2.05) is 32.1 Å². The molecule has 10 atom stereocenters. The number of hydrogen-bond acceptors (Lipinski definition) is 18. The lowest BCUT2D eigenvalue weighted by atomic mass is 9.81. The monoisotopic (exact) mass is 1270 g/mol. The van der Waals surface area contributed by atoms with Crippen molar-refractivity contribution in [3.8, 4) is 5.75 Å². The van der Waals surface area contributed by atoms with Gasteiger partial charge in [-0.2, -0.15) is 0 Å². The molecule has 3 fully saturated rings. The summed E-state index contributed by atoms with van der Waals surface area (Å²) >= 11 is 7.83. The van der Waals surface area contributed by atoms with Crippen molar-refractivity contribution in [1.82, 2.24) is 36.8 Å². The first-order valence-electron chi connectivity index (χ1n) is 29.5. The summed E-state index contributed by atoms with van der Waals surface area (Å²) in [5.41, 5.74) is 11.5. The average Bonchev–Trinajstić information content (AvgIpc) is 1.59. The van der Waals surface area contributed by atoms with Gasteiger partial charge in [0.05, 0.1) is 68.8 Å². The number of thioether (sulfide) groups is 1. The minimum absolute atomic E-state index is 0.0252. The van der Waals surface area contributed by atoms with E-state index in [0.717, 1.165) is 22.9 Å². The molecular formula is C59H87ClN10O17S. The first-order chi connectivity index (χ1) is 41.7. The van der Waals surface area contributed by atoms with Crippen LogP contribution in [0, 0.1) is 17.8 Å². The minimum atomic E-state index is -1.27. The van der Waals surface area contributed by atoms with Crippen molar-refractivity contribution < 1.29 is 81.5 Å². The largest absolute Gasteiger partial charge is 0.495 e. The molecule has 3 heterocycles. The Kier molecular flexibility index (Phi) is 27.8. The summed E-state index contributed by atoms with van der Waals surface area (Å²) in [6.07, 6.45) is 5.15. The molecule has 5 rings (SSSR count). The quantitative estimate of drug-likeness (QED) is 0.0343. The maximum atomic E-state index is 14.4. The SMILES string of the molecule is COc1cc2cc(c1Cl)N(C)C(=O)C[C@H](OC(=O)[C@H](C)N(C)C(=O)CCS[C@@H](CC(=O)O)C(=O)NCC1CCC(C(=O)NCCCCC(NC(=O)CNC(=O)CNC(=O)CN)C(N)=O)CC1)C1(C)OC1[C@H](C)C1CC(NC(=O)O1)[C@H](OC)/C=C/C=C(\C)C2. The molecule has 3 aliphatic heterocycles. The molecule has 27 nitrogen and oxygen atoms in total. The molecule has 0 radical (unpaired) electrons. The van der Waals surface area contributed by atoms with Crippen LogP contribution >= 0.6 is 23.4 Å². The van der Waals surface area contributed by atoms with Gasteiger partial charge in [-0.15, -0.1) is 11.8 Å². The van der Waals surface area contributed by atoms with Gasteiger partial charge in [0.2, 0.25) is 47.3 Å². The molecule has 1 aliphatic carbocycles. The van der Waals surface area contributed by atoms with Gasteiger partial charge in [0.15, 0.2) is 0 Å². The summed E-state index contributed by atoms with van der Waals surface area (Å²) in [4.78, 5) is 144. The number of halogens is 1. The fourth-order valence-electron chi connectivity index (χ4n) is 10.9. The zero-order valence-electron chi connectivity index (χ0n) is 51.3. The first kappa shape index (κ1) is 71.7. The molecule has 88 heavy (non-hydrogen) atoms. The number of fused-ring (bicyclic) bond motifs is 5. The normalized spacial score (nSPS) is 25.6. The van der Waals surface area contributed by atoms with E-state index in [0.29, 0.717) is 69.3 Å². The highest BCUT2D eigenvalue weighted by molar-refractivity contribution is 8.00. The molecule has 2 saturated heterocycles. The standard InChI is InChI=1S/C59H87ClN10O17S/c1-32-12-11-14-41(83-7)39-25-42(85-58(82)68-39)33(2)53-59(4,87-53)45(27-50(75)70(6)40-23-36(22-32)24-43(84-8)52(40)60)86-57(81)34(3)69(5)49(74)19-21-88-44(26-51(76)77)56(80)66-29-35-15-17-37(18-16-35)55(79)63-20-10-9-13-38(54(62)78)67-48(73)31-65-47(72)30-64-46(71)28-61/h11-12,14,23-24,33-35,37-39,41-42,44-45,53H,9-10,13,15-22,25-31,61H2,1-8H3,(H2,62,78)(H,63,79)(H,64,71)(H,65,72)(H,66,80)(H,67,73)(H,68,82)(H,76,77)/b14-11+,32-12+/t33-,34+,35?,37?,38?,39?,41-,42?,44+,45+,53?,59?/m1/s1. The Morgan fingerprint density at radius 3 is 2.34 bits per heavy atom. The van der Waals surface area contributed by atoms with Gasteiger partial charge >= 0.3 is 18.0 Å². The average molecular weight is 1280 g/mol. The molecule has 11 N–H and O–H groups in total. The zero-order valence-corrected chi connectivity index (χ0v) is 52.9. The number of aliphatic carboxylic acids is 1. The number of carboxylic acid groups (broad SMARTS) is 1. The Labute approximate surface area is 521 Å². The molecule has 0 spiro atoms. The van der Waals surface area contributed by atoms with Crippen LogP contribution in [-0.2, 0) is 73.3 Å². The summed E-state index contributed by atoms with van der Waals surface area (Å²) in [5.74, 6) is -6.63. The van der Waals surface area contributed by atoms with Crippen LogP contribution in [0.2, 0.25) is 5.02 Å². The van der Waals surface area contributed by atoms with Gasteiger partial charge in [-0.05, 0) is 95.8 Å². The Hall–Kier alpha value is -7.01. The molecule has 29 heteroatoms. The summed E-state index contributed by atoms with van der Waals surface area (Å²) < 4.78 is 29.8.